The first-order valence-corrected chi connectivity index (χ1v) is 4.50. The second-order valence-electron chi connectivity index (χ2n) is 2.83. The molecule has 0 bridgehead atoms. The molecule has 0 spiro atoms. The molecule has 0 aromatic heterocycles. The van der Waals surface area contributed by atoms with Gasteiger partial charge in [0.05, 0.1) is 0 Å². The molecule has 0 radical (unpaired) electrons. The minimum Gasteiger partial charge on any atom is -0.106 e. The maximum Gasteiger partial charge on any atom is -0.0533 e. The standard InChI is InChI=1S/2C4H8.C2H4/c2*1-2-4-3-1;1-2/h2*1-4H2;1-2H2. The van der Waals surface area contributed by atoms with Crippen LogP contribution in [-0.2, 0) is 0 Å². The maximum atomic E-state index is 3.00. The van der Waals surface area contributed by atoms with Crippen molar-refractivity contribution < 1.29 is 0 Å². The lowest BCUT2D eigenvalue weighted by molar-refractivity contribution is 0.504. The van der Waals surface area contributed by atoms with Crippen LogP contribution in [0.2, 0.25) is 0 Å². The van der Waals surface area contributed by atoms with E-state index in [4.69, 9.17) is 0 Å². The molecular formula is C10H20. The van der Waals surface area contributed by atoms with Gasteiger partial charge in [-0.3, -0.25) is 0 Å². The van der Waals surface area contributed by atoms with Crippen molar-refractivity contribution in [3.05, 3.63) is 13.2 Å². The summed E-state index contributed by atoms with van der Waals surface area (Å²) < 4.78 is 0. The summed E-state index contributed by atoms with van der Waals surface area (Å²) in [4.78, 5) is 0. The first kappa shape index (κ1) is 9.74. The Labute approximate surface area is 65.3 Å². The Morgan fingerprint density at radius 3 is 0.500 bits per heavy atom. The van der Waals surface area contributed by atoms with Crippen molar-refractivity contribution >= 4 is 0 Å². The molecule has 0 heterocycles. The van der Waals surface area contributed by atoms with Crippen LogP contribution in [0.3, 0.4) is 0 Å². The predicted molar refractivity (Wildman–Crippen MR) is 48.2 cm³/mol. The van der Waals surface area contributed by atoms with E-state index in [1.54, 1.807) is 0 Å². The highest BCUT2D eigenvalue weighted by Gasteiger charge is 1.95. The summed E-state index contributed by atoms with van der Waals surface area (Å²) in [6.07, 6.45) is 12.0. The van der Waals surface area contributed by atoms with Crippen molar-refractivity contribution in [2.45, 2.75) is 51.4 Å². The zero-order chi connectivity index (χ0) is 7.66. The Hall–Kier alpha value is -0.260. The van der Waals surface area contributed by atoms with Crippen LogP contribution in [0.1, 0.15) is 51.4 Å². The summed E-state index contributed by atoms with van der Waals surface area (Å²) in [5.74, 6) is 0. The molecule has 2 rings (SSSR count). The Balaban J connectivity index is 0.000000131. The zero-order valence-corrected chi connectivity index (χ0v) is 7.07. The average Bonchev–Trinajstić information content (AvgIpc) is 1.59. The Morgan fingerprint density at radius 2 is 0.500 bits per heavy atom. The Morgan fingerprint density at radius 1 is 0.400 bits per heavy atom. The van der Waals surface area contributed by atoms with E-state index < -0.39 is 0 Å². The van der Waals surface area contributed by atoms with Crippen LogP contribution in [0.5, 0.6) is 0 Å². The summed E-state index contributed by atoms with van der Waals surface area (Å²) in [6.45, 7) is 6.00. The molecule has 2 saturated carbocycles. The van der Waals surface area contributed by atoms with Gasteiger partial charge in [-0.15, -0.1) is 13.2 Å². The van der Waals surface area contributed by atoms with Gasteiger partial charge in [0.2, 0.25) is 0 Å². The number of hydrogen-bond acceptors (Lipinski definition) is 0. The fraction of sp³-hybridized carbons (Fsp3) is 0.800. The van der Waals surface area contributed by atoms with Gasteiger partial charge in [-0.1, -0.05) is 51.4 Å². The first-order chi connectivity index (χ1) is 5.00. The van der Waals surface area contributed by atoms with E-state index in [2.05, 4.69) is 13.2 Å². The molecule has 60 valence electrons. The third-order valence-corrected chi connectivity index (χ3v) is 2.00. The smallest absolute Gasteiger partial charge is 0.0533 e. The molecule has 2 aliphatic rings. The molecular weight excluding hydrogens is 120 g/mol. The highest BCUT2D eigenvalue weighted by Crippen LogP contribution is 2.15. The van der Waals surface area contributed by atoms with Gasteiger partial charge >= 0.3 is 0 Å². The molecule has 0 nitrogen and oxygen atoms in total. The lowest BCUT2D eigenvalue weighted by Gasteiger charge is -2.05. The van der Waals surface area contributed by atoms with Crippen molar-refractivity contribution in [1.82, 2.24) is 0 Å². The SMILES string of the molecule is C1CCC1.C1CCC1.C=C. The molecule has 0 N–H and O–H groups in total. The summed E-state index contributed by atoms with van der Waals surface area (Å²) in [6, 6.07) is 0. The van der Waals surface area contributed by atoms with Crippen LogP contribution in [0.4, 0.5) is 0 Å². The predicted octanol–water partition coefficient (Wildman–Crippen LogP) is 3.92. The highest BCUT2D eigenvalue weighted by atomic mass is 14.0. The van der Waals surface area contributed by atoms with E-state index in [0.29, 0.717) is 0 Å². The van der Waals surface area contributed by atoms with Crippen LogP contribution in [-0.4, -0.2) is 0 Å². The van der Waals surface area contributed by atoms with Crippen LogP contribution in [0, 0.1) is 0 Å². The van der Waals surface area contributed by atoms with Crippen LogP contribution >= 0.6 is 0 Å². The van der Waals surface area contributed by atoms with Crippen LogP contribution in [0.15, 0.2) is 13.2 Å². The van der Waals surface area contributed by atoms with E-state index in [9.17, 15) is 0 Å². The second kappa shape index (κ2) is 8.74. The number of rotatable bonds is 0. The third kappa shape index (κ3) is 5.87. The summed E-state index contributed by atoms with van der Waals surface area (Å²) in [7, 11) is 0. The second-order valence-corrected chi connectivity index (χ2v) is 2.83. The van der Waals surface area contributed by atoms with Gasteiger partial charge in [-0.05, 0) is 0 Å². The van der Waals surface area contributed by atoms with E-state index in [1.807, 2.05) is 0 Å². The fourth-order valence-electron chi connectivity index (χ4n) is 0.500. The Bertz CT molecular complexity index is 33.1. The Kier molecular flexibility index (Phi) is 8.51. The van der Waals surface area contributed by atoms with E-state index >= 15 is 0 Å². The molecule has 0 aromatic rings. The van der Waals surface area contributed by atoms with Gasteiger partial charge in [0.15, 0.2) is 0 Å². The van der Waals surface area contributed by atoms with Crippen molar-refractivity contribution in [3.8, 4) is 0 Å². The topological polar surface area (TPSA) is 0 Å². The molecule has 0 aliphatic heterocycles. The van der Waals surface area contributed by atoms with E-state index in [1.165, 1.54) is 51.4 Å². The zero-order valence-electron chi connectivity index (χ0n) is 7.07. The largest absolute Gasteiger partial charge is 0.106 e. The van der Waals surface area contributed by atoms with E-state index in [0.717, 1.165) is 0 Å². The lowest BCUT2D eigenvalue weighted by Crippen LogP contribution is -1.85. The van der Waals surface area contributed by atoms with Gasteiger partial charge in [0, 0.05) is 0 Å². The molecule has 0 saturated heterocycles. The average molecular weight is 140 g/mol. The van der Waals surface area contributed by atoms with Gasteiger partial charge in [-0.25, -0.2) is 0 Å². The molecule has 2 aliphatic carbocycles. The summed E-state index contributed by atoms with van der Waals surface area (Å²) >= 11 is 0. The van der Waals surface area contributed by atoms with Gasteiger partial charge in [0.25, 0.3) is 0 Å². The normalized spacial score (nSPS) is 19.6. The van der Waals surface area contributed by atoms with Crippen molar-refractivity contribution in [2.75, 3.05) is 0 Å². The molecule has 0 amide bonds. The van der Waals surface area contributed by atoms with Gasteiger partial charge in [-0.2, -0.15) is 0 Å². The fourth-order valence-corrected chi connectivity index (χ4v) is 0.500. The first-order valence-electron chi connectivity index (χ1n) is 4.50. The lowest BCUT2D eigenvalue weighted by atomic mass is 10.0. The monoisotopic (exact) mass is 140 g/mol. The molecule has 0 atom stereocenters. The van der Waals surface area contributed by atoms with Crippen LogP contribution < -0.4 is 0 Å². The molecule has 0 unspecified atom stereocenters. The van der Waals surface area contributed by atoms with Crippen molar-refractivity contribution in [2.24, 2.45) is 0 Å². The van der Waals surface area contributed by atoms with Crippen molar-refractivity contribution in [1.29, 1.82) is 0 Å². The molecule has 0 aromatic carbocycles. The highest BCUT2D eigenvalue weighted by molar-refractivity contribution is 4.51. The number of hydrogen-bond donors (Lipinski definition) is 0. The molecule has 0 heteroatoms. The van der Waals surface area contributed by atoms with Crippen LogP contribution in [0.25, 0.3) is 0 Å². The minimum atomic E-state index is 1.50. The molecule has 2 fully saturated rings. The van der Waals surface area contributed by atoms with Gasteiger partial charge in [0.1, 0.15) is 0 Å². The van der Waals surface area contributed by atoms with E-state index in [-0.39, 0.29) is 0 Å². The molecule has 10 heavy (non-hydrogen) atoms. The summed E-state index contributed by atoms with van der Waals surface area (Å²) in [5, 5.41) is 0. The minimum absolute atomic E-state index is 1.50. The third-order valence-electron chi connectivity index (χ3n) is 2.00. The quantitative estimate of drug-likeness (QED) is 0.447. The summed E-state index contributed by atoms with van der Waals surface area (Å²) in [5.41, 5.74) is 0. The van der Waals surface area contributed by atoms with Gasteiger partial charge < -0.3 is 0 Å². The maximum absolute atomic E-state index is 3.00. The van der Waals surface area contributed by atoms with Crippen molar-refractivity contribution in [3.63, 3.8) is 0 Å².